The average molecular weight is 190 g/mol. The second-order valence-electron chi connectivity index (χ2n) is 3.91. The summed E-state index contributed by atoms with van der Waals surface area (Å²) >= 11 is 0. The van der Waals surface area contributed by atoms with Gasteiger partial charge < -0.3 is 0 Å². The molecule has 4 nitrogen and oxygen atoms in total. The molecule has 1 fully saturated rings. The zero-order valence-corrected chi connectivity index (χ0v) is 7.64. The molecule has 0 heterocycles. The van der Waals surface area contributed by atoms with Crippen LogP contribution in [0.25, 0.3) is 0 Å². The molecule has 0 aromatic carbocycles. The van der Waals surface area contributed by atoms with Crippen LogP contribution in [0, 0.1) is 11.3 Å². The summed E-state index contributed by atoms with van der Waals surface area (Å²) in [5, 5.41) is 0. The van der Waals surface area contributed by atoms with Gasteiger partial charge in [0.1, 0.15) is 0 Å². The van der Waals surface area contributed by atoms with E-state index in [9.17, 15) is 9.59 Å². The molecule has 14 heavy (non-hydrogen) atoms. The Hall–Kier alpha value is -1.50. The second-order valence-corrected chi connectivity index (χ2v) is 3.91. The number of isocyanates is 2. The van der Waals surface area contributed by atoms with E-state index in [1.54, 1.807) is 0 Å². The maximum Gasteiger partial charge on any atom is 0.237 e. The van der Waals surface area contributed by atoms with Gasteiger partial charge in [-0.3, -0.25) is 0 Å². The van der Waals surface area contributed by atoms with Gasteiger partial charge in [0.2, 0.25) is 12.2 Å². The molecule has 2 bridgehead atoms. The Bertz CT molecular complexity index is 346. The fourth-order valence-corrected chi connectivity index (χ4v) is 2.50. The van der Waals surface area contributed by atoms with Crippen LogP contribution in [-0.2, 0) is 9.59 Å². The van der Waals surface area contributed by atoms with Crippen molar-refractivity contribution in [2.45, 2.75) is 25.4 Å². The molecule has 0 aromatic heterocycles. The summed E-state index contributed by atoms with van der Waals surface area (Å²) < 4.78 is 0. The van der Waals surface area contributed by atoms with Gasteiger partial charge in [-0.25, -0.2) is 9.59 Å². The first-order valence-electron chi connectivity index (χ1n) is 4.64. The lowest BCUT2D eigenvalue weighted by atomic mass is 9.84. The van der Waals surface area contributed by atoms with E-state index in [4.69, 9.17) is 0 Å². The van der Waals surface area contributed by atoms with E-state index in [2.05, 4.69) is 16.1 Å². The highest BCUT2D eigenvalue weighted by Gasteiger charge is 2.46. The van der Waals surface area contributed by atoms with Crippen molar-refractivity contribution in [1.82, 2.24) is 0 Å². The standard InChI is InChI=1S/C10H10N2O2/c13-6-11-9(12-7-14)10-3-1-8(5-10)2-4-10/h1,3,8-9H,2,4-5H2. The van der Waals surface area contributed by atoms with Crippen LogP contribution in [0.2, 0.25) is 0 Å². The van der Waals surface area contributed by atoms with Crippen LogP contribution >= 0.6 is 0 Å². The fourth-order valence-electron chi connectivity index (χ4n) is 2.50. The smallest absolute Gasteiger partial charge is 0.211 e. The second kappa shape index (κ2) is 3.33. The maximum atomic E-state index is 10.2. The first-order chi connectivity index (χ1) is 6.80. The number of aliphatic imine (C=N–C) groups is 2. The molecular formula is C10H10N2O2. The molecular weight excluding hydrogens is 180 g/mol. The van der Waals surface area contributed by atoms with Gasteiger partial charge in [-0.1, -0.05) is 12.2 Å². The minimum absolute atomic E-state index is 0.209. The minimum atomic E-state index is -0.610. The van der Waals surface area contributed by atoms with Crippen LogP contribution < -0.4 is 0 Å². The van der Waals surface area contributed by atoms with Crippen molar-refractivity contribution in [3.05, 3.63) is 12.2 Å². The van der Waals surface area contributed by atoms with Crippen molar-refractivity contribution in [3.63, 3.8) is 0 Å². The van der Waals surface area contributed by atoms with E-state index in [1.165, 1.54) is 12.2 Å². The SMILES string of the molecule is O=C=NC(N=C=O)C12C=CC(CC1)C2. The van der Waals surface area contributed by atoms with E-state index in [0.29, 0.717) is 5.92 Å². The maximum absolute atomic E-state index is 10.2. The summed E-state index contributed by atoms with van der Waals surface area (Å²) in [5.41, 5.74) is -0.209. The van der Waals surface area contributed by atoms with Gasteiger partial charge >= 0.3 is 0 Å². The van der Waals surface area contributed by atoms with Crippen LogP contribution in [0.4, 0.5) is 0 Å². The van der Waals surface area contributed by atoms with Crippen molar-refractivity contribution >= 4 is 12.2 Å². The minimum Gasteiger partial charge on any atom is -0.211 e. The lowest BCUT2D eigenvalue weighted by Gasteiger charge is -2.25. The predicted molar refractivity (Wildman–Crippen MR) is 48.9 cm³/mol. The van der Waals surface area contributed by atoms with Crippen LogP contribution in [-0.4, -0.2) is 18.3 Å². The quantitative estimate of drug-likeness (QED) is 0.383. The van der Waals surface area contributed by atoms with E-state index in [-0.39, 0.29) is 5.41 Å². The van der Waals surface area contributed by atoms with Crippen molar-refractivity contribution < 1.29 is 9.59 Å². The molecule has 1 saturated carbocycles. The first kappa shape index (κ1) is 9.07. The molecule has 72 valence electrons. The Balaban J connectivity index is 2.30. The summed E-state index contributed by atoms with van der Waals surface area (Å²) in [6.07, 6.45) is 9.47. The number of hydrogen-bond acceptors (Lipinski definition) is 4. The average Bonchev–Trinajstić information content (AvgIpc) is 2.78. The molecule has 2 rings (SSSR count). The molecule has 2 unspecified atom stereocenters. The Morgan fingerprint density at radius 3 is 2.43 bits per heavy atom. The van der Waals surface area contributed by atoms with E-state index in [0.717, 1.165) is 19.3 Å². The monoisotopic (exact) mass is 190 g/mol. The molecule has 2 aliphatic rings. The molecule has 0 spiro atoms. The van der Waals surface area contributed by atoms with Gasteiger partial charge in [0.15, 0.2) is 6.17 Å². The number of nitrogens with zero attached hydrogens (tertiary/aromatic N) is 2. The first-order valence-corrected chi connectivity index (χ1v) is 4.64. The summed E-state index contributed by atoms with van der Waals surface area (Å²) in [7, 11) is 0. The number of rotatable bonds is 3. The highest BCUT2D eigenvalue weighted by molar-refractivity contribution is 5.39. The van der Waals surface area contributed by atoms with Crippen molar-refractivity contribution in [3.8, 4) is 0 Å². The summed E-state index contributed by atoms with van der Waals surface area (Å²) in [4.78, 5) is 27.6. The molecule has 0 aliphatic heterocycles. The predicted octanol–water partition coefficient (Wildman–Crippen LogP) is 1.34. The van der Waals surface area contributed by atoms with Crippen molar-refractivity contribution in [2.24, 2.45) is 21.3 Å². The number of hydrogen-bond donors (Lipinski definition) is 0. The summed E-state index contributed by atoms with van der Waals surface area (Å²) in [6.45, 7) is 0. The highest BCUT2D eigenvalue weighted by atomic mass is 16.1. The fraction of sp³-hybridized carbons (Fsp3) is 0.600. The number of fused-ring (bicyclic) bond motifs is 2. The van der Waals surface area contributed by atoms with Gasteiger partial charge in [-0.15, -0.1) is 0 Å². The summed E-state index contributed by atoms with van der Waals surface area (Å²) in [6, 6.07) is 0. The Morgan fingerprint density at radius 1 is 1.36 bits per heavy atom. The van der Waals surface area contributed by atoms with E-state index >= 15 is 0 Å². The van der Waals surface area contributed by atoms with Crippen LogP contribution in [0.1, 0.15) is 19.3 Å². The van der Waals surface area contributed by atoms with Gasteiger partial charge in [-0.05, 0) is 25.2 Å². The van der Waals surface area contributed by atoms with Crippen LogP contribution in [0.5, 0.6) is 0 Å². The lowest BCUT2D eigenvalue weighted by molar-refractivity contribution is 0.324. The van der Waals surface area contributed by atoms with Gasteiger partial charge in [0.25, 0.3) is 0 Å². The molecule has 0 radical (unpaired) electrons. The van der Waals surface area contributed by atoms with E-state index < -0.39 is 6.17 Å². The molecule has 0 amide bonds. The third-order valence-electron chi connectivity index (χ3n) is 3.19. The molecule has 4 heteroatoms. The van der Waals surface area contributed by atoms with Crippen molar-refractivity contribution in [2.75, 3.05) is 0 Å². The number of carbonyl (C=O) groups excluding carboxylic acids is 2. The van der Waals surface area contributed by atoms with Crippen LogP contribution in [0.15, 0.2) is 22.1 Å². The van der Waals surface area contributed by atoms with E-state index in [1.807, 2.05) is 6.08 Å². The topological polar surface area (TPSA) is 58.9 Å². The lowest BCUT2D eigenvalue weighted by Crippen LogP contribution is -2.26. The molecule has 0 saturated heterocycles. The third-order valence-corrected chi connectivity index (χ3v) is 3.19. The normalized spacial score (nSPS) is 34.7. The molecule has 2 aliphatic carbocycles. The summed E-state index contributed by atoms with van der Waals surface area (Å²) in [5.74, 6) is 0.571. The highest BCUT2D eigenvalue weighted by Crippen LogP contribution is 2.52. The Kier molecular flexibility index (Phi) is 2.16. The van der Waals surface area contributed by atoms with Gasteiger partial charge in [0, 0.05) is 5.41 Å². The van der Waals surface area contributed by atoms with Crippen molar-refractivity contribution in [1.29, 1.82) is 0 Å². The van der Waals surface area contributed by atoms with Crippen LogP contribution in [0.3, 0.4) is 0 Å². The molecule has 2 atom stereocenters. The zero-order valence-electron chi connectivity index (χ0n) is 7.64. The Labute approximate surface area is 81.4 Å². The third kappa shape index (κ3) is 1.25. The van der Waals surface area contributed by atoms with Gasteiger partial charge in [-0.2, -0.15) is 9.98 Å². The molecule has 0 aromatic rings. The largest absolute Gasteiger partial charge is 0.237 e. The number of allylic oxidation sites excluding steroid dienone is 1. The molecule has 0 N–H and O–H groups in total. The van der Waals surface area contributed by atoms with Gasteiger partial charge in [0.05, 0.1) is 0 Å². The Morgan fingerprint density at radius 2 is 2.07 bits per heavy atom. The zero-order chi connectivity index (χ0) is 10.0.